The normalized spacial score (nSPS) is 14.4. The molecule has 0 bridgehead atoms. The van der Waals surface area contributed by atoms with E-state index >= 15 is 0 Å². The van der Waals surface area contributed by atoms with Gasteiger partial charge in [0, 0.05) is 34.5 Å². The lowest BCUT2D eigenvalue weighted by Gasteiger charge is -2.18. The van der Waals surface area contributed by atoms with Crippen LogP contribution in [0.15, 0.2) is 34.7 Å². The molecule has 1 saturated carbocycles. The van der Waals surface area contributed by atoms with E-state index in [0.717, 1.165) is 12.8 Å². The second-order valence-corrected chi connectivity index (χ2v) is 8.64. The summed E-state index contributed by atoms with van der Waals surface area (Å²) in [6.45, 7) is 6.65. The van der Waals surface area contributed by atoms with Crippen molar-refractivity contribution in [3.8, 4) is 0 Å². The second kappa shape index (κ2) is 6.62. The molecule has 2 N–H and O–H groups in total. The first kappa shape index (κ1) is 18.5. The van der Waals surface area contributed by atoms with E-state index < -0.39 is 5.82 Å². The van der Waals surface area contributed by atoms with Gasteiger partial charge in [0.15, 0.2) is 11.4 Å². The largest absolute Gasteiger partial charge is 0.453 e. The molecule has 1 heterocycles. The highest BCUT2D eigenvalue weighted by atomic mass is 19.1. The van der Waals surface area contributed by atoms with E-state index in [4.69, 9.17) is 4.42 Å². The van der Waals surface area contributed by atoms with Crippen LogP contribution in [0.5, 0.6) is 0 Å². The van der Waals surface area contributed by atoms with Crippen LogP contribution < -0.4 is 10.6 Å². The lowest BCUT2D eigenvalue weighted by Crippen LogP contribution is -2.32. The average molecular weight is 382 g/mol. The average Bonchev–Trinajstić information content (AvgIpc) is 3.36. The van der Waals surface area contributed by atoms with E-state index in [1.54, 1.807) is 24.3 Å². The monoisotopic (exact) mass is 382 g/mol. The van der Waals surface area contributed by atoms with Crippen LogP contribution in [0.4, 0.5) is 4.39 Å². The van der Waals surface area contributed by atoms with Gasteiger partial charge >= 0.3 is 0 Å². The lowest BCUT2D eigenvalue weighted by molar-refractivity contribution is 0.0935. The highest BCUT2D eigenvalue weighted by Crippen LogP contribution is 2.32. The van der Waals surface area contributed by atoms with Gasteiger partial charge in [-0.3, -0.25) is 9.59 Å². The molecule has 0 radical (unpaired) electrons. The molecule has 1 aromatic heterocycles. The number of furan rings is 1. The van der Waals surface area contributed by atoms with E-state index in [1.807, 2.05) is 20.8 Å². The minimum atomic E-state index is -0.589. The van der Waals surface area contributed by atoms with Gasteiger partial charge in [-0.1, -0.05) is 20.8 Å². The van der Waals surface area contributed by atoms with Gasteiger partial charge in [-0.05, 0) is 48.6 Å². The molecule has 0 saturated heterocycles. The quantitative estimate of drug-likeness (QED) is 0.703. The van der Waals surface area contributed by atoms with Crippen LogP contribution in [0.1, 0.15) is 54.3 Å². The molecule has 1 fully saturated rings. The zero-order valence-corrected chi connectivity index (χ0v) is 16.2. The zero-order valence-electron chi connectivity index (χ0n) is 16.2. The number of halogens is 1. The van der Waals surface area contributed by atoms with Gasteiger partial charge in [0.2, 0.25) is 0 Å². The van der Waals surface area contributed by atoms with Gasteiger partial charge in [-0.25, -0.2) is 4.39 Å². The summed E-state index contributed by atoms with van der Waals surface area (Å²) in [7, 11) is 0. The number of hydrogen-bond donors (Lipinski definition) is 2. The molecule has 3 aromatic rings. The van der Waals surface area contributed by atoms with Crippen LogP contribution in [0.25, 0.3) is 21.9 Å². The topological polar surface area (TPSA) is 71.3 Å². The van der Waals surface area contributed by atoms with Crippen LogP contribution in [-0.2, 0) is 0 Å². The van der Waals surface area contributed by atoms with Crippen molar-refractivity contribution >= 4 is 33.8 Å². The summed E-state index contributed by atoms with van der Waals surface area (Å²) in [5, 5.41) is 6.95. The van der Waals surface area contributed by atoms with Gasteiger partial charge in [0.05, 0.1) is 0 Å². The molecule has 5 nitrogen and oxygen atoms in total. The number of carbonyl (C=O) groups is 2. The van der Waals surface area contributed by atoms with Crippen LogP contribution in [0.2, 0.25) is 0 Å². The predicted octanol–water partition coefficient (Wildman–Crippen LogP) is 4.39. The summed E-state index contributed by atoms with van der Waals surface area (Å²) in [5.74, 6) is -1.08. The molecule has 0 spiro atoms. The summed E-state index contributed by atoms with van der Waals surface area (Å²) >= 11 is 0. The number of benzene rings is 2. The fourth-order valence-electron chi connectivity index (χ4n) is 3.05. The predicted molar refractivity (Wildman–Crippen MR) is 106 cm³/mol. The minimum Gasteiger partial charge on any atom is -0.453 e. The summed E-state index contributed by atoms with van der Waals surface area (Å²) < 4.78 is 20.2. The first-order valence-corrected chi connectivity index (χ1v) is 9.46. The van der Waals surface area contributed by atoms with Crippen molar-refractivity contribution in [3.05, 3.63) is 47.3 Å². The van der Waals surface area contributed by atoms with Gasteiger partial charge in [-0.15, -0.1) is 0 Å². The van der Waals surface area contributed by atoms with Crippen molar-refractivity contribution in [2.75, 3.05) is 6.54 Å². The molecule has 1 aliphatic rings. The Kier molecular flexibility index (Phi) is 4.37. The van der Waals surface area contributed by atoms with Crippen molar-refractivity contribution < 1.29 is 18.4 Å². The highest BCUT2D eigenvalue weighted by Gasteiger charge is 2.25. The Morgan fingerprint density at radius 1 is 1.07 bits per heavy atom. The minimum absolute atomic E-state index is 0.0281. The summed E-state index contributed by atoms with van der Waals surface area (Å²) in [6.07, 6.45) is 1.93. The van der Waals surface area contributed by atoms with Crippen molar-refractivity contribution in [2.45, 2.75) is 39.7 Å². The van der Waals surface area contributed by atoms with E-state index in [2.05, 4.69) is 10.6 Å². The first-order valence-electron chi connectivity index (χ1n) is 9.46. The molecule has 4 rings (SSSR count). The molecule has 1 aliphatic carbocycles. The maximum atomic E-state index is 14.6. The Hall–Kier alpha value is -2.89. The molecule has 28 heavy (non-hydrogen) atoms. The Labute approximate surface area is 162 Å². The zero-order chi connectivity index (χ0) is 20.1. The van der Waals surface area contributed by atoms with Crippen molar-refractivity contribution in [2.24, 2.45) is 5.41 Å². The number of rotatable bonds is 4. The molecule has 2 aromatic carbocycles. The molecule has 0 aliphatic heterocycles. The molecule has 2 amide bonds. The second-order valence-electron chi connectivity index (χ2n) is 8.64. The Bertz CT molecular complexity index is 1090. The highest BCUT2D eigenvalue weighted by molar-refractivity contribution is 6.10. The number of fused-ring (bicyclic) bond motifs is 3. The van der Waals surface area contributed by atoms with Crippen LogP contribution in [0.3, 0.4) is 0 Å². The number of amides is 2. The smallest absolute Gasteiger partial charge is 0.251 e. The van der Waals surface area contributed by atoms with E-state index in [-0.39, 0.29) is 34.4 Å². The SMILES string of the molecule is CC(C)(C)CNC(=O)c1ccc2c(c1)oc1c(F)cc(C(=O)NC3CC3)cc12. The molecular weight excluding hydrogens is 359 g/mol. The molecule has 0 unspecified atom stereocenters. The first-order chi connectivity index (χ1) is 13.2. The Morgan fingerprint density at radius 3 is 2.50 bits per heavy atom. The molecule has 0 atom stereocenters. The number of nitrogens with one attached hydrogen (secondary N) is 2. The summed E-state index contributed by atoms with van der Waals surface area (Å²) in [4.78, 5) is 24.7. The maximum absolute atomic E-state index is 14.6. The third-order valence-electron chi connectivity index (χ3n) is 4.74. The number of carbonyl (C=O) groups excluding carboxylic acids is 2. The Balaban J connectivity index is 1.68. The molecule has 146 valence electrons. The van der Waals surface area contributed by atoms with Crippen molar-refractivity contribution in [3.63, 3.8) is 0 Å². The van der Waals surface area contributed by atoms with Gasteiger partial charge in [0.25, 0.3) is 11.8 Å². The van der Waals surface area contributed by atoms with Crippen LogP contribution in [-0.4, -0.2) is 24.4 Å². The number of hydrogen-bond acceptors (Lipinski definition) is 3. The lowest BCUT2D eigenvalue weighted by atomic mass is 9.97. The Morgan fingerprint density at radius 2 is 1.82 bits per heavy atom. The van der Waals surface area contributed by atoms with Gasteiger partial charge < -0.3 is 15.1 Å². The van der Waals surface area contributed by atoms with Crippen LogP contribution >= 0.6 is 0 Å². The van der Waals surface area contributed by atoms with E-state index in [1.165, 1.54) is 6.07 Å². The van der Waals surface area contributed by atoms with Crippen molar-refractivity contribution in [1.82, 2.24) is 10.6 Å². The molecule has 6 heteroatoms. The van der Waals surface area contributed by atoms with E-state index in [0.29, 0.717) is 28.5 Å². The summed E-state index contributed by atoms with van der Waals surface area (Å²) in [5.41, 5.74) is 1.19. The third-order valence-corrected chi connectivity index (χ3v) is 4.74. The fourth-order valence-corrected chi connectivity index (χ4v) is 3.05. The summed E-state index contributed by atoms with van der Waals surface area (Å²) in [6, 6.07) is 8.05. The fraction of sp³-hybridized carbons (Fsp3) is 0.364. The maximum Gasteiger partial charge on any atom is 0.251 e. The third kappa shape index (κ3) is 3.72. The van der Waals surface area contributed by atoms with Gasteiger partial charge in [-0.2, -0.15) is 0 Å². The van der Waals surface area contributed by atoms with Crippen molar-refractivity contribution in [1.29, 1.82) is 0 Å². The standard InChI is InChI=1S/C22H23FN2O3/c1-22(2,3)11-24-20(26)12-4-7-15-16-8-13(21(27)25-14-5-6-14)9-17(23)19(16)28-18(15)10-12/h4,7-10,14H,5-6,11H2,1-3H3,(H,24,26)(H,25,27). The van der Waals surface area contributed by atoms with Crippen LogP contribution in [0, 0.1) is 11.2 Å². The van der Waals surface area contributed by atoms with E-state index in [9.17, 15) is 14.0 Å². The molecular formula is C22H23FN2O3. The van der Waals surface area contributed by atoms with Gasteiger partial charge in [0.1, 0.15) is 5.58 Å².